The Kier molecular flexibility index (Phi) is 9.52. The van der Waals surface area contributed by atoms with Crippen LogP contribution in [0.15, 0.2) is 0 Å². The molecule has 4 rings (SSSR count). The molecule has 4 fully saturated rings. The maximum atomic E-state index is 12.5. The first kappa shape index (κ1) is 28.7. The predicted octanol–water partition coefficient (Wildman–Crippen LogP) is 3.67. The molecule has 3 nitrogen and oxygen atoms in total. The van der Waals surface area contributed by atoms with Crippen molar-refractivity contribution in [3.63, 3.8) is 0 Å². The number of carbonyl (C=O) groups is 1. The third-order valence-electron chi connectivity index (χ3n) is 11.5. The van der Waals surface area contributed by atoms with Crippen molar-refractivity contribution in [3.8, 4) is 0 Å². The lowest BCUT2D eigenvalue weighted by atomic mass is 9.44. The average Bonchev–Trinajstić information content (AvgIpc) is 3.11. The first-order valence-electron chi connectivity index (χ1n) is 14.6. The van der Waals surface area contributed by atoms with E-state index in [2.05, 4.69) is 47.2 Å². The molecule has 0 radical (unpaired) electrons. The van der Waals surface area contributed by atoms with Crippen LogP contribution in [0.1, 0.15) is 104 Å². The van der Waals surface area contributed by atoms with Gasteiger partial charge in [0.1, 0.15) is 0 Å². The molecule has 0 heterocycles. The Bertz CT molecular complexity index is 690. The summed E-state index contributed by atoms with van der Waals surface area (Å²) in [6.07, 6.45) is 17.7. The summed E-state index contributed by atoms with van der Waals surface area (Å²) >= 11 is 0. The number of halogens is 1. The number of rotatable bonds is 8. The quantitative estimate of drug-likeness (QED) is 0.263. The van der Waals surface area contributed by atoms with Gasteiger partial charge in [-0.25, -0.2) is 0 Å². The smallest absolute Gasteiger partial charge is 0.220 e. The van der Waals surface area contributed by atoms with E-state index >= 15 is 0 Å². The summed E-state index contributed by atoms with van der Waals surface area (Å²) < 4.78 is 0.968. The van der Waals surface area contributed by atoms with Gasteiger partial charge in [-0.2, -0.15) is 0 Å². The lowest BCUT2D eigenvalue weighted by Crippen LogP contribution is -3.00. The molecule has 0 aromatic rings. The minimum atomic E-state index is 0. The summed E-state index contributed by atoms with van der Waals surface area (Å²) in [7, 11) is 6.65. The van der Waals surface area contributed by atoms with Crippen molar-refractivity contribution in [1.29, 1.82) is 0 Å². The summed E-state index contributed by atoms with van der Waals surface area (Å²) in [5.74, 6) is 5.74. The van der Waals surface area contributed by atoms with Gasteiger partial charge in [0.15, 0.2) is 0 Å². The van der Waals surface area contributed by atoms with Crippen LogP contribution in [0, 0.1) is 46.3 Å². The van der Waals surface area contributed by atoms with Crippen LogP contribution in [0.5, 0.6) is 0 Å². The zero-order chi connectivity index (χ0) is 23.9. The summed E-state index contributed by atoms with van der Waals surface area (Å²) in [5, 5.41) is 3.19. The van der Waals surface area contributed by atoms with E-state index in [0.717, 1.165) is 60.0 Å². The molecule has 4 saturated carbocycles. The van der Waals surface area contributed by atoms with E-state index in [0.29, 0.717) is 23.2 Å². The fourth-order valence-corrected chi connectivity index (χ4v) is 9.70. The van der Waals surface area contributed by atoms with E-state index in [9.17, 15) is 4.79 Å². The zero-order valence-electron chi connectivity index (χ0n) is 23.3. The van der Waals surface area contributed by atoms with Crippen LogP contribution in [-0.4, -0.2) is 44.6 Å². The fourth-order valence-electron chi connectivity index (χ4n) is 9.70. The van der Waals surface area contributed by atoms with Crippen LogP contribution in [0.2, 0.25) is 0 Å². The van der Waals surface area contributed by atoms with Crippen molar-refractivity contribution in [2.45, 2.75) is 104 Å². The van der Waals surface area contributed by atoms with Gasteiger partial charge in [-0.05, 0) is 104 Å². The standard InChI is InChI=1S/C30H54N2O.HI/c1-22(11-16-28(33)31-20-9-21-32(4,5)6)25-14-15-26-24-13-12-23-10-7-8-18-29(23,2)27(24)17-19-30(25,26)3;/h22-27H,7-21H2,1-6H3;1H/t22-,23?,24+,25-,26+,27+,29+,30-;/m1./s1. The van der Waals surface area contributed by atoms with Crippen molar-refractivity contribution in [1.82, 2.24) is 5.32 Å². The summed E-state index contributed by atoms with van der Waals surface area (Å²) in [5.41, 5.74) is 1.18. The molecule has 0 aromatic heterocycles. The second-order valence-corrected chi connectivity index (χ2v) is 14.4. The second kappa shape index (κ2) is 11.3. The largest absolute Gasteiger partial charge is 1.00 e. The molecule has 0 saturated heterocycles. The van der Waals surface area contributed by atoms with Gasteiger partial charge in [-0.15, -0.1) is 0 Å². The molecule has 1 unspecified atom stereocenters. The Hall–Kier alpha value is 0.160. The number of hydrogen-bond acceptors (Lipinski definition) is 1. The van der Waals surface area contributed by atoms with Crippen molar-refractivity contribution in [2.24, 2.45) is 46.3 Å². The maximum absolute atomic E-state index is 12.5. The molecule has 4 aliphatic carbocycles. The molecule has 0 bridgehead atoms. The third-order valence-corrected chi connectivity index (χ3v) is 11.5. The van der Waals surface area contributed by atoms with E-state index < -0.39 is 0 Å². The Morgan fingerprint density at radius 1 is 0.941 bits per heavy atom. The van der Waals surface area contributed by atoms with Gasteiger partial charge < -0.3 is 33.8 Å². The Morgan fingerprint density at radius 2 is 1.68 bits per heavy atom. The van der Waals surface area contributed by atoms with Crippen LogP contribution < -0.4 is 29.3 Å². The summed E-state index contributed by atoms with van der Waals surface area (Å²) in [6.45, 7) is 9.77. The molecule has 4 heteroatoms. The number of quaternary nitrogens is 1. The highest BCUT2D eigenvalue weighted by Crippen LogP contribution is 2.68. The number of carbonyl (C=O) groups excluding carboxylic acids is 1. The molecule has 4 aliphatic rings. The number of fused-ring (bicyclic) bond motifs is 5. The van der Waals surface area contributed by atoms with Crippen LogP contribution in [-0.2, 0) is 4.79 Å². The Labute approximate surface area is 228 Å². The highest BCUT2D eigenvalue weighted by Gasteiger charge is 2.60. The molecule has 0 aromatic carbocycles. The van der Waals surface area contributed by atoms with Gasteiger partial charge in [0.2, 0.25) is 5.91 Å². The minimum Gasteiger partial charge on any atom is -1.00 e. The van der Waals surface area contributed by atoms with Crippen molar-refractivity contribution in [3.05, 3.63) is 0 Å². The molecular formula is C30H55IN2O. The zero-order valence-corrected chi connectivity index (χ0v) is 25.5. The van der Waals surface area contributed by atoms with Crippen molar-refractivity contribution < 1.29 is 33.3 Å². The fraction of sp³-hybridized carbons (Fsp3) is 0.967. The van der Waals surface area contributed by atoms with Crippen LogP contribution in [0.4, 0.5) is 0 Å². The lowest BCUT2D eigenvalue weighted by molar-refractivity contribution is -0.870. The molecule has 8 atom stereocenters. The molecule has 198 valence electrons. The van der Waals surface area contributed by atoms with Gasteiger partial charge in [-0.3, -0.25) is 4.79 Å². The normalized spacial score (nSPS) is 40.4. The van der Waals surface area contributed by atoms with Gasteiger partial charge in [0, 0.05) is 19.4 Å². The Balaban J connectivity index is 0.00000324. The van der Waals surface area contributed by atoms with E-state index in [4.69, 9.17) is 0 Å². The van der Waals surface area contributed by atoms with Gasteiger partial charge in [0.25, 0.3) is 0 Å². The van der Waals surface area contributed by atoms with Crippen molar-refractivity contribution >= 4 is 5.91 Å². The SMILES string of the molecule is C[C@H](CCC(=O)NCCC[N+](C)(C)C)[C@H]1CC[C@H]2[C@@H]3CCC4CCCC[C@]4(C)[C@H]3CC[C@]12C.[I-]. The average molecular weight is 587 g/mol. The number of amides is 1. The lowest BCUT2D eigenvalue weighted by Gasteiger charge is -2.61. The molecule has 0 aliphatic heterocycles. The molecule has 1 N–H and O–H groups in total. The first-order chi connectivity index (χ1) is 15.5. The van der Waals surface area contributed by atoms with Crippen molar-refractivity contribution in [2.75, 3.05) is 34.2 Å². The molecule has 0 spiro atoms. The number of nitrogens with one attached hydrogen (secondary N) is 1. The van der Waals surface area contributed by atoms with E-state index in [-0.39, 0.29) is 29.9 Å². The number of nitrogens with zero attached hydrogens (tertiary/aromatic N) is 1. The van der Waals surface area contributed by atoms with Crippen LogP contribution in [0.3, 0.4) is 0 Å². The monoisotopic (exact) mass is 586 g/mol. The van der Waals surface area contributed by atoms with E-state index in [1.165, 1.54) is 64.2 Å². The summed E-state index contributed by atoms with van der Waals surface area (Å²) in [4.78, 5) is 12.5. The maximum Gasteiger partial charge on any atom is 0.220 e. The molecule has 1 amide bonds. The predicted molar refractivity (Wildman–Crippen MR) is 139 cm³/mol. The van der Waals surface area contributed by atoms with Gasteiger partial charge in [0.05, 0.1) is 27.7 Å². The van der Waals surface area contributed by atoms with E-state index in [1.807, 2.05) is 0 Å². The highest BCUT2D eigenvalue weighted by atomic mass is 127. The first-order valence-corrected chi connectivity index (χ1v) is 14.6. The van der Waals surface area contributed by atoms with Gasteiger partial charge in [-0.1, -0.05) is 33.6 Å². The van der Waals surface area contributed by atoms with E-state index in [1.54, 1.807) is 0 Å². The summed E-state index contributed by atoms with van der Waals surface area (Å²) in [6, 6.07) is 0. The minimum absolute atomic E-state index is 0. The number of hydrogen-bond donors (Lipinski definition) is 1. The van der Waals surface area contributed by atoms with Crippen LogP contribution >= 0.6 is 0 Å². The third kappa shape index (κ3) is 5.83. The molecular weight excluding hydrogens is 531 g/mol. The molecule has 34 heavy (non-hydrogen) atoms. The topological polar surface area (TPSA) is 29.1 Å². The highest BCUT2D eigenvalue weighted by molar-refractivity contribution is 5.75. The second-order valence-electron chi connectivity index (χ2n) is 14.4. The Morgan fingerprint density at radius 3 is 2.41 bits per heavy atom. The van der Waals surface area contributed by atoms with Crippen LogP contribution in [0.25, 0.3) is 0 Å². The van der Waals surface area contributed by atoms with Gasteiger partial charge >= 0.3 is 0 Å².